The second kappa shape index (κ2) is 17.7. The van der Waals surface area contributed by atoms with Crippen molar-refractivity contribution in [2.45, 2.75) is 102 Å². The molecule has 14 nitrogen and oxygen atoms in total. The fraction of sp³-hybridized carbons (Fsp3) is 0.512. The van der Waals surface area contributed by atoms with Crippen molar-refractivity contribution in [1.29, 1.82) is 0 Å². The van der Waals surface area contributed by atoms with Crippen LogP contribution in [0, 0.1) is 11.6 Å². The lowest BCUT2D eigenvalue weighted by molar-refractivity contribution is -0.137. The number of benzene rings is 2. The van der Waals surface area contributed by atoms with Crippen LogP contribution >= 0.6 is 0 Å². The van der Waals surface area contributed by atoms with Crippen LogP contribution < -0.4 is 21.3 Å². The number of likely N-dealkylation sites (tertiary alicyclic amines) is 2. The number of H-pyrrole nitrogens is 2. The SMILES string of the molecule is CC[C@H](NC(=O)CNC)C(=O)N1C[C@@H](O)C[C@H]1Cc1c(-c2[nH]c3cc(F)ccc3c2C[C@@H]2C[C@H](O)CN2C(=O)[C@H](CC)NC(=O)[C@H](C)NC)[nH]c2cc(F)ccc12. The summed E-state index contributed by atoms with van der Waals surface area (Å²) in [4.78, 5) is 63.2. The summed E-state index contributed by atoms with van der Waals surface area (Å²) in [6.45, 7) is 5.49. The van der Waals surface area contributed by atoms with Crippen LogP contribution in [0.1, 0.15) is 57.6 Å². The van der Waals surface area contributed by atoms with Gasteiger partial charge in [-0.1, -0.05) is 13.8 Å². The molecule has 16 heteroatoms. The van der Waals surface area contributed by atoms with E-state index in [1.54, 1.807) is 56.8 Å². The van der Waals surface area contributed by atoms with Crippen molar-refractivity contribution in [2.75, 3.05) is 33.7 Å². The summed E-state index contributed by atoms with van der Waals surface area (Å²) in [6, 6.07) is 5.67. The quantitative estimate of drug-likeness (QED) is 0.0898. The van der Waals surface area contributed by atoms with E-state index in [1.165, 1.54) is 24.3 Å². The van der Waals surface area contributed by atoms with Crippen LogP contribution in [0.15, 0.2) is 36.4 Å². The van der Waals surface area contributed by atoms with Crippen LogP contribution in [0.5, 0.6) is 0 Å². The largest absolute Gasteiger partial charge is 0.391 e. The van der Waals surface area contributed by atoms with Gasteiger partial charge in [-0.15, -0.1) is 0 Å². The Bertz CT molecular complexity index is 2120. The number of nitrogens with one attached hydrogen (secondary N) is 6. The van der Waals surface area contributed by atoms with E-state index in [-0.39, 0.29) is 68.9 Å². The molecule has 4 aromatic rings. The summed E-state index contributed by atoms with van der Waals surface area (Å²) in [7, 11) is 3.29. The predicted molar refractivity (Wildman–Crippen MR) is 212 cm³/mol. The van der Waals surface area contributed by atoms with Gasteiger partial charge in [0, 0.05) is 47.0 Å². The molecule has 0 spiro atoms. The number of amides is 4. The highest BCUT2D eigenvalue weighted by Gasteiger charge is 2.40. The summed E-state index contributed by atoms with van der Waals surface area (Å²) >= 11 is 0. The number of nitrogens with zero attached hydrogens (tertiary/aromatic N) is 2. The minimum Gasteiger partial charge on any atom is -0.391 e. The lowest BCUT2D eigenvalue weighted by atomic mass is 9.94. The first-order valence-electron chi connectivity index (χ1n) is 19.8. The number of carbonyl (C=O) groups is 4. The Morgan fingerprint density at radius 1 is 0.772 bits per heavy atom. The van der Waals surface area contributed by atoms with Crippen LogP contribution in [0.4, 0.5) is 8.78 Å². The highest BCUT2D eigenvalue weighted by Crippen LogP contribution is 2.40. The minimum atomic E-state index is -0.816. The van der Waals surface area contributed by atoms with Crippen molar-refractivity contribution in [2.24, 2.45) is 0 Å². The Hall–Kier alpha value is -4.90. The third kappa shape index (κ3) is 8.83. The standard InChI is InChI=1S/C41H54F2N8O6/c1-6-32(46-36(54)18-44-4)40(56)50-19-26(52)14-24(50)16-30-28-10-8-22(42)12-34(28)47-37(30)38-31(29-11-9-23(43)13-35(29)48-38)17-25-15-27(53)20-51(25)41(57)33(7-2)49-39(55)21(3)45-5/h8-13,21,24-27,32-33,44-45,47-48,52-53H,6-7,14-20H2,1-5H3,(H,46,54)(H,49,55)/t21-,24-,25-,26-,27-,32-,33-/m0/s1. The van der Waals surface area contributed by atoms with Gasteiger partial charge >= 0.3 is 0 Å². The van der Waals surface area contributed by atoms with Crippen LogP contribution in [-0.2, 0) is 32.0 Å². The number of halogens is 2. The molecule has 308 valence electrons. The average Bonchev–Trinajstić information content (AvgIpc) is 3.94. The molecule has 0 bridgehead atoms. The molecule has 4 amide bonds. The third-order valence-electron chi connectivity index (χ3n) is 11.4. The number of aromatic nitrogens is 2. The molecule has 2 aliphatic heterocycles. The topological polar surface area (TPSA) is 195 Å². The van der Waals surface area contributed by atoms with Crippen LogP contribution in [-0.4, -0.2) is 130 Å². The predicted octanol–water partition coefficient (Wildman–Crippen LogP) is 2.22. The summed E-state index contributed by atoms with van der Waals surface area (Å²) in [6.07, 6.45) is 0.0991. The first kappa shape index (κ1) is 41.7. The van der Waals surface area contributed by atoms with E-state index in [9.17, 15) is 38.2 Å². The number of carbonyl (C=O) groups excluding carboxylic acids is 4. The van der Waals surface area contributed by atoms with Crippen molar-refractivity contribution in [1.82, 2.24) is 41.0 Å². The normalized spacial score (nSPS) is 21.3. The highest BCUT2D eigenvalue weighted by molar-refractivity contribution is 5.97. The van der Waals surface area contributed by atoms with Gasteiger partial charge in [0.25, 0.3) is 0 Å². The maximum absolute atomic E-state index is 14.8. The smallest absolute Gasteiger partial charge is 0.245 e. The molecule has 6 rings (SSSR count). The molecule has 2 saturated heterocycles. The zero-order chi connectivity index (χ0) is 41.1. The van der Waals surface area contributed by atoms with E-state index < -0.39 is 54.1 Å². The van der Waals surface area contributed by atoms with Gasteiger partial charge in [0.2, 0.25) is 23.6 Å². The van der Waals surface area contributed by atoms with Gasteiger partial charge in [-0.25, -0.2) is 8.78 Å². The summed E-state index contributed by atoms with van der Waals surface area (Å²) < 4.78 is 29.5. The van der Waals surface area contributed by atoms with E-state index in [1.807, 2.05) is 0 Å². The lowest BCUT2D eigenvalue weighted by Gasteiger charge is -2.30. The Kier molecular flexibility index (Phi) is 13.0. The van der Waals surface area contributed by atoms with Gasteiger partial charge < -0.3 is 51.2 Å². The number of aromatic amines is 2. The summed E-state index contributed by atoms with van der Waals surface area (Å²) in [5, 5.41) is 34.5. The molecule has 2 aliphatic rings. The van der Waals surface area contributed by atoms with Gasteiger partial charge in [0.05, 0.1) is 36.2 Å². The average molecular weight is 793 g/mol. The fourth-order valence-corrected chi connectivity index (χ4v) is 8.40. The van der Waals surface area contributed by atoms with Crippen molar-refractivity contribution >= 4 is 45.4 Å². The zero-order valence-corrected chi connectivity index (χ0v) is 33.0. The Morgan fingerprint density at radius 3 is 1.65 bits per heavy atom. The molecular formula is C41H54F2N8O6. The second-order valence-corrected chi connectivity index (χ2v) is 15.4. The van der Waals surface area contributed by atoms with E-state index in [0.717, 1.165) is 11.1 Å². The zero-order valence-electron chi connectivity index (χ0n) is 33.0. The number of β-amino-alcohol motifs (C(OH)–C–C–N with tert-alkyl or cyclic N) is 2. The monoisotopic (exact) mass is 792 g/mol. The van der Waals surface area contributed by atoms with Crippen LogP contribution in [0.2, 0.25) is 0 Å². The number of hydrogen-bond donors (Lipinski definition) is 8. The molecule has 2 aromatic carbocycles. The number of aliphatic hydroxyl groups excluding tert-OH is 2. The first-order chi connectivity index (χ1) is 27.3. The van der Waals surface area contributed by atoms with Gasteiger partial charge in [-0.2, -0.15) is 0 Å². The Morgan fingerprint density at radius 2 is 1.23 bits per heavy atom. The van der Waals surface area contributed by atoms with E-state index in [0.29, 0.717) is 46.0 Å². The van der Waals surface area contributed by atoms with Crippen molar-refractivity contribution in [3.05, 3.63) is 59.2 Å². The third-order valence-corrected chi connectivity index (χ3v) is 11.4. The lowest BCUT2D eigenvalue weighted by Crippen LogP contribution is -2.53. The summed E-state index contributed by atoms with van der Waals surface area (Å²) in [5.41, 5.74) is 3.58. The number of likely N-dealkylation sites (N-methyl/N-ethyl adjacent to an activating group) is 2. The molecule has 2 aromatic heterocycles. The van der Waals surface area contributed by atoms with E-state index >= 15 is 0 Å². The molecule has 0 radical (unpaired) electrons. The molecule has 0 unspecified atom stereocenters. The molecular weight excluding hydrogens is 738 g/mol. The second-order valence-electron chi connectivity index (χ2n) is 15.4. The number of fused-ring (bicyclic) bond motifs is 2. The van der Waals surface area contributed by atoms with Crippen molar-refractivity contribution in [3.8, 4) is 11.4 Å². The maximum atomic E-state index is 14.8. The fourth-order valence-electron chi connectivity index (χ4n) is 8.40. The van der Waals surface area contributed by atoms with Gasteiger partial charge in [-0.3, -0.25) is 19.2 Å². The van der Waals surface area contributed by atoms with Gasteiger partial charge in [0.1, 0.15) is 23.7 Å². The Labute approximate surface area is 330 Å². The molecule has 7 atom stereocenters. The maximum Gasteiger partial charge on any atom is 0.245 e. The highest BCUT2D eigenvalue weighted by atomic mass is 19.1. The molecule has 8 N–H and O–H groups in total. The number of rotatable bonds is 15. The van der Waals surface area contributed by atoms with Gasteiger partial charge in [0.15, 0.2) is 0 Å². The van der Waals surface area contributed by atoms with Crippen LogP contribution in [0.3, 0.4) is 0 Å². The molecule has 0 saturated carbocycles. The van der Waals surface area contributed by atoms with Crippen LogP contribution in [0.25, 0.3) is 33.2 Å². The van der Waals surface area contributed by atoms with Gasteiger partial charge in [-0.05, 0) is 107 Å². The van der Waals surface area contributed by atoms with Crippen molar-refractivity contribution in [3.63, 3.8) is 0 Å². The Balaban J connectivity index is 1.40. The number of hydrogen-bond acceptors (Lipinski definition) is 8. The molecule has 4 heterocycles. The minimum absolute atomic E-state index is 0.0409. The van der Waals surface area contributed by atoms with E-state index in [4.69, 9.17) is 0 Å². The molecule has 0 aliphatic carbocycles. The molecule has 57 heavy (non-hydrogen) atoms. The van der Waals surface area contributed by atoms with E-state index in [2.05, 4.69) is 31.2 Å². The first-order valence-corrected chi connectivity index (χ1v) is 19.8. The van der Waals surface area contributed by atoms with Crippen molar-refractivity contribution < 1.29 is 38.2 Å². The number of aliphatic hydroxyl groups is 2. The molecule has 2 fully saturated rings. The summed E-state index contributed by atoms with van der Waals surface area (Å²) in [5.74, 6) is -2.21.